The third-order valence-corrected chi connectivity index (χ3v) is 2.98. The second-order valence-corrected chi connectivity index (χ2v) is 4.56. The van der Waals surface area contributed by atoms with Gasteiger partial charge in [-0.3, -0.25) is 0 Å². The van der Waals surface area contributed by atoms with Crippen molar-refractivity contribution in [1.29, 1.82) is 0 Å². The molecule has 110 valence electrons. The first-order chi connectivity index (χ1) is 10.2. The number of aryl methyl sites for hydroxylation is 2. The molecule has 0 bridgehead atoms. The van der Waals surface area contributed by atoms with Gasteiger partial charge in [0.2, 0.25) is 0 Å². The second kappa shape index (κ2) is 6.83. The van der Waals surface area contributed by atoms with Gasteiger partial charge >= 0.3 is 0 Å². The van der Waals surface area contributed by atoms with Gasteiger partial charge in [-0.05, 0) is 19.4 Å². The number of rotatable bonds is 3. The summed E-state index contributed by atoms with van der Waals surface area (Å²) in [6, 6.07) is 8.43. The van der Waals surface area contributed by atoms with Gasteiger partial charge in [-0.25, -0.2) is 15.0 Å². The highest BCUT2D eigenvalue weighted by Gasteiger charge is 2.07. The normalized spacial score (nSPS) is 10.1. The summed E-state index contributed by atoms with van der Waals surface area (Å²) in [6.45, 7) is 8.68. The van der Waals surface area contributed by atoms with Crippen LogP contribution >= 0.6 is 0 Å². The molecule has 0 saturated carbocycles. The predicted molar refractivity (Wildman–Crippen MR) is 86.3 cm³/mol. The Balaban J connectivity index is 0.000000774. The predicted octanol–water partition coefficient (Wildman–Crippen LogP) is 3.61. The Morgan fingerprint density at radius 3 is 2.48 bits per heavy atom. The van der Waals surface area contributed by atoms with Gasteiger partial charge in [0.05, 0.1) is 6.33 Å². The van der Waals surface area contributed by atoms with Gasteiger partial charge in [0.25, 0.3) is 0 Å². The second-order valence-electron chi connectivity index (χ2n) is 4.56. The summed E-state index contributed by atoms with van der Waals surface area (Å²) in [5.41, 5.74) is 4.02. The van der Waals surface area contributed by atoms with E-state index in [4.69, 9.17) is 0 Å². The van der Waals surface area contributed by atoms with E-state index < -0.39 is 0 Å². The van der Waals surface area contributed by atoms with Crippen molar-refractivity contribution < 1.29 is 0 Å². The molecule has 5 nitrogen and oxygen atoms in total. The molecule has 0 saturated heterocycles. The van der Waals surface area contributed by atoms with Crippen molar-refractivity contribution >= 4 is 17.0 Å². The molecule has 0 fully saturated rings. The molecule has 21 heavy (non-hydrogen) atoms. The molecule has 0 aliphatic rings. The summed E-state index contributed by atoms with van der Waals surface area (Å²) < 4.78 is 0. The number of hydrogen-bond acceptors (Lipinski definition) is 4. The van der Waals surface area contributed by atoms with Gasteiger partial charge in [-0.2, -0.15) is 0 Å². The van der Waals surface area contributed by atoms with E-state index in [9.17, 15) is 0 Å². The lowest BCUT2D eigenvalue weighted by atomic mass is 10.1. The fourth-order valence-corrected chi connectivity index (χ4v) is 1.96. The minimum atomic E-state index is 0.693. The Labute approximate surface area is 124 Å². The minimum absolute atomic E-state index is 0.693. The number of hydrogen-bond donors (Lipinski definition) is 2. The zero-order valence-electron chi connectivity index (χ0n) is 12.9. The van der Waals surface area contributed by atoms with Crippen molar-refractivity contribution in [3.63, 3.8) is 0 Å². The van der Waals surface area contributed by atoms with Crippen LogP contribution in [0.3, 0.4) is 0 Å². The Kier molecular flexibility index (Phi) is 4.87. The molecule has 0 spiro atoms. The van der Waals surface area contributed by atoms with Crippen molar-refractivity contribution in [3.8, 4) is 0 Å². The molecule has 3 rings (SSSR count). The molecule has 0 unspecified atom stereocenters. The molecule has 0 atom stereocenters. The van der Waals surface area contributed by atoms with Crippen LogP contribution in [0.25, 0.3) is 11.2 Å². The lowest BCUT2D eigenvalue weighted by molar-refractivity contribution is 1.04. The van der Waals surface area contributed by atoms with E-state index >= 15 is 0 Å². The molecule has 2 heterocycles. The SMILES string of the molecule is CC.Cc1ccc(CNc2nc(C)nc3nc[nH]c23)cc1. The Morgan fingerprint density at radius 2 is 1.76 bits per heavy atom. The first-order valence-corrected chi connectivity index (χ1v) is 7.19. The van der Waals surface area contributed by atoms with Crippen molar-refractivity contribution in [2.45, 2.75) is 34.2 Å². The monoisotopic (exact) mass is 283 g/mol. The van der Waals surface area contributed by atoms with Crippen LogP contribution in [-0.4, -0.2) is 19.9 Å². The molecule has 0 radical (unpaired) electrons. The number of H-pyrrole nitrogens is 1. The van der Waals surface area contributed by atoms with Gasteiger partial charge in [0.15, 0.2) is 11.5 Å². The molecule has 2 N–H and O–H groups in total. The van der Waals surface area contributed by atoms with Gasteiger partial charge in [0, 0.05) is 6.54 Å². The minimum Gasteiger partial charge on any atom is -0.364 e. The van der Waals surface area contributed by atoms with E-state index in [-0.39, 0.29) is 0 Å². The van der Waals surface area contributed by atoms with E-state index in [1.807, 2.05) is 20.8 Å². The van der Waals surface area contributed by atoms with E-state index in [1.54, 1.807) is 6.33 Å². The van der Waals surface area contributed by atoms with Gasteiger partial charge in [-0.15, -0.1) is 0 Å². The van der Waals surface area contributed by atoms with E-state index in [2.05, 4.69) is 56.4 Å². The molecule has 2 aromatic heterocycles. The molecule has 1 aromatic carbocycles. The number of nitrogens with one attached hydrogen (secondary N) is 2. The highest BCUT2D eigenvalue weighted by atomic mass is 15.1. The topological polar surface area (TPSA) is 66.5 Å². The molecule has 0 amide bonds. The summed E-state index contributed by atoms with van der Waals surface area (Å²) in [5.74, 6) is 1.51. The third kappa shape index (κ3) is 3.56. The fraction of sp³-hybridized carbons (Fsp3) is 0.312. The highest BCUT2D eigenvalue weighted by Crippen LogP contribution is 2.17. The highest BCUT2D eigenvalue weighted by molar-refractivity contribution is 5.82. The zero-order valence-corrected chi connectivity index (χ0v) is 12.9. The van der Waals surface area contributed by atoms with Crippen LogP contribution in [0.2, 0.25) is 0 Å². The maximum absolute atomic E-state index is 4.41. The Hall–Kier alpha value is -2.43. The summed E-state index contributed by atoms with van der Waals surface area (Å²) >= 11 is 0. The molecule has 0 aliphatic heterocycles. The average Bonchev–Trinajstić information content (AvgIpc) is 2.96. The van der Waals surface area contributed by atoms with Crippen molar-refractivity contribution in [2.24, 2.45) is 0 Å². The molecule has 0 aliphatic carbocycles. The van der Waals surface area contributed by atoms with Crippen LogP contribution in [-0.2, 0) is 6.54 Å². The molecular formula is C16H21N5. The third-order valence-electron chi connectivity index (χ3n) is 2.98. The zero-order chi connectivity index (χ0) is 15.2. The van der Waals surface area contributed by atoms with Crippen LogP contribution in [0.5, 0.6) is 0 Å². The van der Waals surface area contributed by atoms with Crippen LogP contribution in [0.1, 0.15) is 30.8 Å². The van der Waals surface area contributed by atoms with Gasteiger partial charge in [0.1, 0.15) is 11.3 Å². The first kappa shape index (κ1) is 15.0. The van der Waals surface area contributed by atoms with E-state index in [0.29, 0.717) is 11.5 Å². The van der Waals surface area contributed by atoms with Crippen LogP contribution < -0.4 is 5.32 Å². The summed E-state index contributed by atoms with van der Waals surface area (Å²) in [4.78, 5) is 15.9. The lowest BCUT2D eigenvalue weighted by Crippen LogP contribution is -2.04. The first-order valence-electron chi connectivity index (χ1n) is 7.19. The number of aromatic nitrogens is 4. The number of imidazole rings is 1. The van der Waals surface area contributed by atoms with Gasteiger partial charge < -0.3 is 10.3 Å². The van der Waals surface area contributed by atoms with Crippen LogP contribution in [0.15, 0.2) is 30.6 Å². The number of benzene rings is 1. The Morgan fingerprint density at radius 1 is 1.05 bits per heavy atom. The maximum atomic E-state index is 4.41. The summed E-state index contributed by atoms with van der Waals surface area (Å²) in [7, 11) is 0. The summed E-state index contributed by atoms with van der Waals surface area (Å²) in [5, 5.41) is 3.33. The smallest absolute Gasteiger partial charge is 0.183 e. The Bertz CT molecular complexity index is 700. The molecule has 3 aromatic rings. The average molecular weight is 283 g/mol. The maximum Gasteiger partial charge on any atom is 0.183 e. The quantitative estimate of drug-likeness (QED) is 0.770. The lowest BCUT2D eigenvalue weighted by Gasteiger charge is -2.07. The number of anilines is 1. The van der Waals surface area contributed by atoms with E-state index in [1.165, 1.54) is 11.1 Å². The number of fused-ring (bicyclic) bond motifs is 1. The number of aromatic amines is 1. The van der Waals surface area contributed by atoms with Crippen molar-refractivity contribution in [2.75, 3.05) is 5.32 Å². The van der Waals surface area contributed by atoms with Crippen molar-refractivity contribution in [1.82, 2.24) is 19.9 Å². The van der Waals surface area contributed by atoms with E-state index in [0.717, 1.165) is 17.9 Å². The van der Waals surface area contributed by atoms with Gasteiger partial charge in [-0.1, -0.05) is 43.7 Å². The standard InChI is InChI=1S/C14H15N5.C2H6/c1-9-3-5-11(6-4-9)7-15-13-12-14(17-8-16-12)19-10(2)18-13;1-2/h3-6,8H,7H2,1-2H3,(H2,15,16,17,18,19);1-2H3. The van der Waals surface area contributed by atoms with Crippen LogP contribution in [0.4, 0.5) is 5.82 Å². The molecule has 5 heteroatoms. The van der Waals surface area contributed by atoms with Crippen molar-refractivity contribution in [3.05, 3.63) is 47.5 Å². The summed E-state index contributed by atoms with van der Waals surface area (Å²) in [6.07, 6.45) is 1.63. The fourth-order valence-electron chi connectivity index (χ4n) is 1.96. The number of nitrogens with zero attached hydrogens (tertiary/aromatic N) is 3. The molecular weight excluding hydrogens is 262 g/mol. The largest absolute Gasteiger partial charge is 0.364 e. The van der Waals surface area contributed by atoms with Crippen LogP contribution in [0, 0.1) is 13.8 Å².